The average Bonchev–Trinajstić information content (AvgIpc) is 2.21. The van der Waals surface area contributed by atoms with Gasteiger partial charge in [0.15, 0.2) is 0 Å². The average molecular weight is 302 g/mol. The van der Waals surface area contributed by atoms with Crippen LogP contribution in [0.2, 0.25) is 5.02 Å². The Morgan fingerprint density at radius 1 is 1.69 bits per heavy atom. The lowest BCUT2D eigenvalue weighted by molar-refractivity contribution is 0.0941. The first-order valence-electron chi connectivity index (χ1n) is 4.67. The van der Waals surface area contributed by atoms with Gasteiger partial charge in [-0.15, -0.1) is 0 Å². The molecule has 0 aliphatic heterocycles. The highest BCUT2D eigenvalue weighted by atomic mass is 79.9. The molecular weight excluding hydrogens is 291 g/mol. The van der Waals surface area contributed by atoms with Crippen molar-refractivity contribution in [2.45, 2.75) is 19.4 Å². The van der Waals surface area contributed by atoms with E-state index >= 15 is 0 Å². The molecule has 1 amide bonds. The number of rotatable bonds is 3. The van der Waals surface area contributed by atoms with E-state index in [2.05, 4.69) is 21.2 Å². The maximum absolute atomic E-state index is 11.8. The van der Waals surface area contributed by atoms with Crippen LogP contribution in [0.4, 0.5) is 0 Å². The summed E-state index contributed by atoms with van der Waals surface area (Å²) < 4.78 is 0.787. The summed E-state index contributed by atoms with van der Waals surface area (Å²) in [6.07, 6.45) is 0.275. The summed E-state index contributed by atoms with van der Waals surface area (Å²) in [5.74, 6) is -0.269. The number of carbonyl (C=O) groups is 1. The van der Waals surface area contributed by atoms with Gasteiger partial charge in [-0.2, -0.15) is 5.26 Å². The number of nitrogens with zero attached hydrogens (tertiary/aromatic N) is 1. The first-order valence-corrected chi connectivity index (χ1v) is 5.84. The molecule has 1 aromatic rings. The molecule has 3 nitrogen and oxygen atoms in total. The van der Waals surface area contributed by atoms with Crippen molar-refractivity contribution in [3.63, 3.8) is 0 Å². The van der Waals surface area contributed by atoms with E-state index in [9.17, 15) is 4.79 Å². The predicted molar refractivity (Wildman–Crippen MR) is 66.3 cm³/mol. The van der Waals surface area contributed by atoms with Crippen molar-refractivity contribution in [3.8, 4) is 6.07 Å². The Balaban J connectivity index is 2.81. The highest BCUT2D eigenvalue weighted by molar-refractivity contribution is 9.10. The van der Waals surface area contributed by atoms with Crippen LogP contribution in [0.5, 0.6) is 0 Å². The van der Waals surface area contributed by atoms with Gasteiger partial charge in [0.2, 0.25) is 0 Å². The quantitative estimate of drug-likeness (QED) is 0.932. The molecule has 0 aromatic heterocycles. The summed E-state index contributed by atoms with van der Waals surface area (Å²) in [4.78, 5) is 11.8. The third kappa shape index (κ3) is 3.51. The van der Waals surface area contributed by atoms with Gasteiger partial charge in [0, 0.05) is 10.5 Å². The number of halogens is 2. The molecule has 1 atom stereocenters. The Labute approximate surface area is 108 Å². The first-order chi connectivity index (χ1) is 7.54. The summed E-state index contributed by atoms with van der Waals surface area (Å²) in [7, 11) is 0. The molecule has 0 saturated carbocycles. The molecule has 0 spiro atoms. The normalized spacial score (nSPS) is 11.6. The molecule has 0 fully saturated rings. The van der Waals surface area contributed by atoms with Gasteiger partial charge in [-0.3, -0.25) is 4.79 Å². The fraction of sp³-hybridized carbons (Fsp3) is 0.273. The van der Waals surface area contributed by atoms with Gasteiger partial charge in [-0.05, 0) is 25.1 Å². The minimum absolute atomic E-state index is 0.187. The van der Waals surface area contributed by atoms with Crippen molar-refractivity contribution >= 4 is 33.4 Å². The van der Waals surface area contributed by atoms with Crippen LogP contribution in [-0.4, -0.2) is 11.9 Å². The molecule has 16 heavy (non-hydrogen) atoms. The minimum Gasteiger partial charge on any atom is -0.349 e. The van der Waals surface area contributed by atoms with Crippen LogP contribution >= 0.6 is 27.5 Å². The van der Waals surface area contributed by atoms with E-state index in [0.29, 0.717) is 10.6 Å². The lowest BCUT2D eigenvalue weighted by Gasteiger charge is -2.11. The number of hydrogen-bond donors (Lipinski definition) is 1. The summed E-state index contributed by atoms with van der Waals surface area (Å²) in [5.41, 5.74) is 0.404. The molecule has 0 radical (unpaired) electrons. The Kier molecular flexibility index (Phi) is 4.78. The van der Waals surface area contributed by atoms with Crippen molar-refractivity contribution in [3.05, 3.63) is 33.3 Å². The largest absolute Gasteiger partial charge is 0.349 e. The van der Waals surface area contributed by atoms with Crippen LogP contribution in [0.1, 0.15) is 23.7 Å². The number of carbonyl (C=O) groups excluding carboxylic acids is 1. The SMILES string of the molecule is CC(CC#N)NC(=O)c1cc(Br)ccc1Cl. The van der Waals surface area contributed by atoms with E-state index in [1.54, 1.807) is 25.1 Å². The number of benzene rings is 1. The molecule has 1 N–H and O–H groups in total. The van der Waals surface area contributed by atoms with Crippen LogP contribution < -0.4 is 5.32 Å². The molecule has 0 heterocycles. The molecule has 0 aliphatic rings. The van der Waals surface area contributed by atoms with E-state index in [1.807, 2.05) is 6.07 Å². The van der Waals surface area contributed by atoms with Crippen molar-refractivity contribution in [2.75, 3.05) is 0 Å². The second-order valence-electron chi connectivity index (χ2n) is 3.36. The van der Waals surface area contributed by atoms with E-state index in [1.165, 1.54) is 0 Å². The Bertz CT molecular complexity index is 442. The Morgan fingerprint density at radius 2 is 2.38 bits per heavy atom. The van der Waals surface area contributed by atoms with Crippen LogP contribution in [0.25, 0.3) is 0 Å². The molecule has 84 valence electrons. The van der Waals surface area contributed by atoms with Gasteiger partial charge in [-0.25, -0.2) is 0 Å². The zero-order chi connectivity index (χ0) is 12.1. The highest BCUT2D eigenvalue weighted by Gasteiger charge is 2.13. The standard InChI is InChI=1S/C11H10BrClN2O/c1-7(4-5-14)15-11(16)9-6-8(12)2-3-10(9)13/h2-3,6-7H,4H2,1H3,(H,15,16). The summed E-state index contributed by atoms with van der Waals surface area (Å²) in [6, 6.07) is 6.87. The molecule has 1 rings (SSSR count). The fourth-order valence-corrected chi connectivity index (χ4v) is 1.73. The molecule has 0 aliphatic carbocycles. The molecule has 5 heteroatoms. The van der Waals surface area contributed by atoms with Gasteiger partial charge in [-0.1, -0.05) is 27.5 Å². The maximum atomic E-state index is 11.8. The van der Waals surface area contributed by atoms with Gasteiger partial charge >= 0.3 is 0 Å². The van der Waals surface area contributed by atoms with Crippen LogP contribution in [0.3, 0.4) is 0 Å². The van der Waals surface area contributed by atoms with Gasteiger partial charge in [0.05, 0.1) is 23.1 Å². The lowest BCUT2D eigenvalue weighted by Crippen LogP contribution is -2.32. The van der Waals surface area contributed by atoms with Crippen LogP contribution in [0.15, 0.2) is 22.7 Å². The predicted octanol–water partition coefficient (Wildman–Crippen LogP) is 3.13. The number of amides is 1. The maximum Gasteiger partial charge on any atom is 0.253 e. The van der Waals surface area contributed by atoms with Crippen molar-refractivity contribution in [1.29, 1.82) is 5.26 Å². The molecule has 0 saturated heterocycles. The summed E-state index contributed by atoms with van der Waals surface area (Å²) >= 11 is 9.18. The highest BCUT2D eigenvalue weighted by Crippen LogP contribution is 2.20. The number of nitriles is 1. The Morgan fingerprint density at radius 3 is 3.00 bits per heavy atom. The van der Waals surface area contributed by atoms with E-state index in [0.717, 1.165) is 4.47 Å². The van der Waals surface area contributed by atoms with Gasteiger partial charge < -0.3 is 5.32 Å². The summed E-state index contributed by atoms with van der Waals surface area (Å²) in [6.45, 7) is 1.77. The second-order valence-corrected chi connectivity index (χ2v) is 4.68. The van der Waals surface area contributed by atoms with Gasteiger partial charge in [0.1, 0.15) is 0 Å². The smallest absolute Gasteiger partial charge is 0.253 e. The van der Waals surface area contributed by atoms with E-state index in [4.69, 9.17) is 16.9 Å². The van der Waals surface area contributed by atoms with E-state index in [-0.39, 0.29) is 18.4 Å². The topological polar surface area (TPSA) is 52.9 Å². The van der Waals surface area contributed by atoms with E-state index < -0.39 is 0 Å². The zero-order valence-corrected chi connectivity index (χ0v) is 11.0. The molecular formula is C11H10BrClN2O. The molecule has 0 bridgehead atoms. The minimum atomic E-state index is -0.269. The molecule has 1 aromatic carbocycles. The van der Waals surface area contributed by atoms with Crippen molar-refractivity contribution in [2.24, 2.45) is 0 Å². The van der Waals surface area contributed by atoms with Crippen LogP contribution in [-0.2, 0) is 0 Å². The third-order valence-corrected chi connectivity index (χ3v) is 2.77. The number of nitrogens with one attached hydrogen (secondary N) is 1. The van der Waals surface area contributed by atoms with Crippen molar-refractivity contribution < 1.29 is 4.79 Å². The lowest BCUT2D eigenvalue weighted by atomic mass is 10.2. The number of hydrogen-bond acceptors (Lipinski definition) is 2. The first kappa shape index (κ1) is 13.0. The molecule has 1 unspecified atom stereocenters. The summed E-state index contributed by atoms with van der Waals surface area (Å²) in [5, 5.41) is 11.6. The third-order valence-electron chi connectivity index (χ3n) is 1.95. The second kappa shape index (κ2) is 5.88. The van der Waals surface area contributed by atoms with Crippen molar-refractivity contribution in [1.82, 2.24) is 5.32 Å². The Hall–Kier alpha value is -1.05. The van der Waals surface area contributed by atoms with Gasteiger partial charge in [0.25, 0.3) is 5.91 Å². The van der Waals surface area contributed by atoms with Crippen LogP contribution in [0, 0.1) is 11.3 Å². The fourth-order valence-electron chi connectivity index (χ4n) is 1.16. The zero-order valence-electron chi connectivity index (χ0n) is 8.63. The monoisotopic (exact) mass is 300 g/mol.